The number of halogens is 8. The van der Waals surface area contributed by atoms with Crippen LogP contribution in [0.15, 0.2) is 54.6 Å². The fourth-order valence-electron chi connectivity index (χ4n) is 5.13. The summed E-state index contributed by atoms with van der Waals surface area (Å²) in [6.07, 6.45) is 0.928. The fraction of sp³-hybridized carbons (Fsp3) is 0.371. The predicted octanol–water partition coefficient (Wildman–Crippen LogP) is 10.4. The molecule has 4 aromatic rings. The van der Waals surface area contributed by atoms with E-state index in [1.807, 2.05) is 0 Å². The van der Waals surface area contributed by atoms with E-state index in [4.69, 9.17) is 4.74 Å². The van der Waals surface area contributed by atoms with E-state index in [9.17, 15) is 30.7 Å². The van der Waals surface area contributed by atoms with Crippen LogP contribution in [-0.2, 0) is 25.7 Å². The summed E-state index contributed by atoms with van der Waals surface area (Å²) in [4.78, 5) is 0. The zero-order valence-electron chi connectivity index (χ0n) is 24.8. The number of fused-ring (bicyclic) bond motifs is 1. The number of rotatable bonds is 15. The first-order valence-corrected chi connectivity index (χ1v) is 14.9. The molecule has 0 N–H and O–H groups in total. The molecule has 2 nitrogen and oxygen atoms in total. The van der Waals surface area contributed by atoms with E-state index in [0.29, 0.717) is 23.8 Å². The summed E-state index contributed by atoms with van der Waals surface area (Å²) in [6.45, 7) is 0.684. The number of aryl methyl sites for hydroxylation is 3. The molecule has 10 heteroatoms. The Balaban J connectivity index is 1.36. The summed E-state index contributed by atoms with van der Waals surface area (Å²) in [5.74, 6) is -5.42. The average molecular weight is 639 g/mol. The van der Waals surface area contributed by atoms with Gasteiger partial charge in [-0.15, -0.1) is 0 Å². The first-order chi connectivity index (χ1) is 21.4. The molecule has 0 aliphatic carbocycles. The molecule has 0 unspecified atom stereocenters. The zero-order valence-corrected chi connectivity index (χ0v) is 24.8. The van der Waals surface area contributed by atoms with Gasteiger partial charge < -0.3 is 9.47 Å². The van der Waals surface area contributed by atoms with Crippen molar-refractivity contribution in [3.8, 4) is 11.5 Å². The van der Waals surface area contributed by atoms with Gasteiger partial charge >= 0.3 is 6.18 Å². The fourth-order valence-corrected chi connectivity index (χ4v) is 5.13. The van der Waals surface area contributed by atoms with E-state index in [1.54, 1.807) is 24.3 Å². The molecular formula is C35H34F8O2. The van der Waals surface area contributed by atoms with Crippen molar-refractivity contribution in [3.63, 3.8) is 0 Å². The SMILES string of the molecule is CCCCCCCOc1cc(F)c(CCc2ccc3c(F)c(CCc4cc(F)c(OCC(F)(F)F)c(F)c4)ccc3c2)c(F)c1. The van der Waals surface area contributed by atoms with Crippen molar-refractivity contribution < 1.29 is 44.6 Å². The maximum Gasteiger partial charge on any atom is 0.422 e. The molecule has 0 atom stereocenters. The van der Waals surface area contributed by atoms with Gasteiger partial charge in [-0.25, -0.2) is 22.0 Å². The molecule has 4 aromatic carbocycles. The van der Waals surface area contributed by atoms with Gasteiger partial charge in [-0.3, -0.25) is 0 Å². The summed E-state index contributed by atoms with van der Waals surface area (Å²) >= 11 is 0. The molecule has 45 heavy (non-hydrogen) atoms. The van der Waals surface area contributed by atoms with Crippen molar-refractivity contribution in [3.05, 3.63) is 106 Å². The molecule has 0 saturated carbocycles. The number of unbranched alkanes of at least 4 members (excludes halogenated alkanes) is 4. The van der Waals surface area contributed by atoms with Crippen LogP contribution in [0.4, 0.5) is 35.1 Å². The van der Waals surface area contributed by atoms with Crippen molar-refractivity contribution in [2.75, 3.05) is 13.2 Å². The highest BCUT2D eigenvalue weighted by molar-refractivity contribution is 5.84. The Morgan fingerprint density at radius 2 is 1.29 bits per heavy atom. The van der Waals surface area contributed by atoms with Crippen molar-refractivity contribution >= 4 is 10.8 Å². The largest absolute Gasteiger partial charge is 0.493 e. The summed E-state index contributed by atoms with van der Waals surface area (Å²) in [5, 5.41) is 0.874. The third kappa shape index (κ3) is 9.58. The molecule has 0 aliphatic rings. The van der Waals surface area contributed by atoms with E-state index in [-0.39, 0.29) is 41.7 Å². The molecule has 0 fully saturated rings. The van der Waals surface area contributed by atoms with Gasteiger partial charge in [-0.05, 0) is 66.3 Å². The van der Waals surface area contributed by atoms with Crippen molar-refractivity contribution in [2.45, 2.75) is 70.9 Å². The number of hydrogen-bond acceptors (Lipinski definition) is 2. The Morgan fingerprint density at radius 1 is 0.622 bits per heavy atom. The van der Waals surface area contributed by atoms with Crippen LogP contribution in [0.25, 0.3) is 10.8 Å². The lowest BCUT2D eigenvalue weighted by Crippen LogP contribution is -2.20. The van der Waals surface area contributed by atoms with Crippen molar-refractivity contribution in [2.24, 2.45) is 0 Å². The van der Waals surface area contributed by atoms with Gasteiger partial charge in [-0.2, -0.15) is 13.2 Å². The molecule has 0 spiro atoms. The van der Waals surface area contributed by atoms with Crippen molar-refractivity contribution in [1.29, 1.82) is 0 Å². The van der Waals surface area contributed by atoms with Crippen LogP contribution in [0.5, 0.6) is 11.5 Å². The van der Waals surface area contributed by atoms with E-state index in [2.05, 4.69) is 11.7 Å². The number of ether oxygens (including phenoxy) is 2. The van der Waals surface area contributed by atoms with E-state index in [0.717, 1.165) is 49.8 Å². The van der Waals surface area contributed by atoms with E-state index < -0.39 is 47.6 Å². The van der Waals surface area contributed by atoms with E-state index >= 15 is 4.39 Å². The Labute approximate surface area is 257 Å². The van der Waals surface area contributed by atoms with Crippen LogP contribution in [0.2, 0.25) is 0 Å². The average Bonchev–Trinajstić information content (AvgIpc) is 2.97. The van der Waals surface area contributed by atoms with Gasteiger partial charge in [0.2, 0.25) is 0 Å². The highest BCUT2D eigenvalue weighted by Gasteiger charge is 2.30. The van der Waals surface area contributed by atoms with Gasteiger partial charge in [0, 0.05) is 23.1 Å². The second-order valence-electron chi connectivity index (χ2n) is 11.0. The Bertz CT molecular complexity index is 1550. The molecule has 0 aliphatic heterocycles. The molecule has 0 saturated heterocycles. The van der Waals surface area contributed by atoms with Crippen LogP contribution in [0.3, 0.4) is 0 Å². The van der Waals surface area contributed by atoms with Gasteiger partial charge in [-0.1, -0.05) is 62.9 Å². The lowest BCUT2D eigenvalue weighted by Gasteiger charge is -2.12. The van der Waals surface area contributed by atoms with Gasteiger partial charge in [0.1, 0.15) is 23.2 Å². The van der Waals surface area contributed by atoms with E-state index in [1.165, 1.54) is 18.2 Å². The topological polar surface area (TPSA) is 18.5 Å². The van der Waals surface area contributed by atoms with Crippen LogP contribution in [0.1, 0.15) is 61.3 Å². The molecule has 4 rings (SSSR count). The maximum absolute atomic E-state index is 15.3. The lowest BCUT2D eigenvalue weighted by atomic mass is 9.97. The number of benzene rings is 4. The first kappa shape index (κ1) is 34.1. The van der Waals surface area contributed by atoms with Crippen LogP contribution in [-0.4, -0.2) is 19.4 Å². The molecule has 0 aromatic heterocycles. The third-order valence-corrected chi connectivity index (χ3v) is 7.51. The number of alkyl halides is 3. The molecule has 0 bridgehead atoms. The molecule has 0 heterocycles. The second-order valence-corrected chi connectivity index (χ2v) is 11.0. The monoisotopic (exact) mass is 638 g/mol. The molecule has 0 amide bonds. The predicted molar refractivity (Wildman–Crippen MR) is 157 cm³/mol. The summed E-state index contributed by atoms with van der Waals surface area (Å²) in [7, 11) is 0. The normalized spacial score (nSPS) is 11.8. The van der Waals surface area contributed by atoms with Gasteiger partial charge in [0.05, 0.1) is 6.61 Å². The third-order valence-electron chi connectivity index (χ3n) is 7.51. The lowest BCUT2D eigenvalue weighted by molar-refractivity contribution is -0.154. The standard InChI is InChI=1S/C35H34F8O2/c1-2-3-4-5-6-15-44-26-19-29(36)28(30(37)20-26)14-9-22-8-13-27-25(16-22)12-11-24(33(27)40)10-7-23-17-31(38)34(32(39)18-23)45-21-35(41,42)43/h8,11-13,16-20H,2-7,9-10,14-15,21H2,1H3. The molecule has 242 valence electrons. The Morgan fingerprint density at radius 3 is 1.96 bits per heavy atom. The quantitative estimate of drug-likeness (QED) is 0.0953. The van der Waals surface area contributed by atoms with Gasteiger partial charge in [0.15, 0.2) is 24.0 Å². The summed E-state index contributed by atoms with van der Waals surface area (Å²) in [5.41, 5.74) is 1.10. The van der Waals surface area contributed by atoms with Crippen LogP contribution >= 0.6 is 0 Å². The minimum absolute atomic E-state index is 0.0216. The van der Waals surface area contributed by atoms with Gasteiger partial charge in [0.25, 0.3) is 0 Å². The summed E-state index contributed by atoms with van der Waals surface area (Å²) < 4.78 is 120. The molecule has 0 radical (unpaired) electrons. The summed E-state index contributed by atoms with van der Waals surface area (Å²) in [6, 6.07) is 12.3. The van der Waals surface area contributed by atoms with Crippen molar-refractivity contribution in [1.82, 2.24) is 0 Å². The zero-order chi connectivity index (χ0) is 32.6. The first-order valence-electron chi connectivity index (χ1n) is 14.9. The maximum atomic E-state index is 15.3. The highest BCUT2D eigenvalue weighted by atomic mass is 19.4. The van der Waals surface area contributed by atoms with Crippen LogP contribution < -0.4 is 9.47 Å². The Hall–Kier alpha value is -3.82. The van der Waals surface area contributed by atoms with Crippen LogP contribution in [0, 0.1) is 29.1 Å². The molecular weight excluding hydrogens is 604 g/mol. The minimum atomic E-state index is -4.75. The smallest absolute Gasteiger partial charge is 0.422 e. The highest BCUT2D eigenvalue weighted by Crippen LogP contribution is 2.29. The number of hydrogen-bond donors (Lipinski definition) is 0. The second kappa shape index (κ2) is 15.5. The minimum Gasteiger partial charge on any atom is -0.493 e. The Kier molecular flexibility index (Phi) is 11.7.